The van der Waals surface area contributed by atoms with E-state index in [1.54, 1.807) is 12.1 Å². The van der Waals surface area contributed by atoms with Gasteiger partial charge in [-0.05, 0) is 37.3 Å². The van der Waals surface area contributed by atoms with Crippen LogP contribution in [-0.4, -0.2) is 11.1 Å². The first-order valence-corrected chi connectivity index (χ1v) is 7.72. The Kier molecular flexibility index (Phi) is 5.37. The lowest BCUT2D eigenvalue weighted by Gasteiger charge is -2.17. The number of phenolic OH excluding ortho intramolecular Hbond substituents is 1. The van der Waals surface area contributed by atoms with E-state index >= 15 is 0 Å². The van der Waals surface area contributed by atoms with Gasteiger partial charge in [0.1, 0.15) is 5.75 Å². The molecular formula is C15H21Cl2NO. The largest absolute Gasteiger partial charge is 0.506 e. The standard InChI is InChI=1S/C15H21Cl2NO/c1-10-3-2-4-13(6-5-10)18-9-11-7-12(16)8-14(17)15(11)19/h7-8,10,13,18-19H,2-6,9H2,1H3. The average molecular weight is 302 g/mol. The molecule has 2 atom stereocenters. The Morgan fingerprint density at radius 3 is 2.79 bits per heavy atom. The summed E-state index contributed by atoms with van der Waals surface area (Å²) in [6.07, 6.45) is 6.29. The molecule has 0 heterocycles. The lowest BCUT2D eigenvalue weighted by molar-refractivity contribution is 0.432. The van der Waals surface area contributed by atoms with Crippen molar-refractivity contribution in [2.75, 3.05) is 0 Å². The monoisotopic (exact) mass is 301 g/mol. The zero-order valence-corrected chi connectivity index (χ0v) is 12.8. The third-order valence-electron chi connectivity index (χ3n) is 3.95. The van der Waals surface area contributed by atoms with Gasteiger partial charge >= 0.3 is 0 Å². The van der Waals surface area contributed by atoms with Gasteiger partial charge in [0.05, 0.1) is 5.02 Å². The first-order valence-electron chi connectivity index (χ1n) is 6.96. The molecule has 1 fully saturated rings. The Labute approximate surface area is 125 Å². The van der Waals surface area contributed by atoms with Crippen LogP contribution in [0.25, 0.3) is 0 Å². The van der Waals surface area contributed by atoms with E-state index in [0.29, 0.717) is 22.6 Å². The number of nitrogens with one attached hydrogen (secondary N) is 1. The van der Waals surface area contributed by atoms with Crippen LogP contribution in [0.15, 0.2) is 12.1 Å². The van der Waals surface area contributed by atoms with E-state index < -0.39 is 0 Å². The van der Waals surface area contributed by atoms with Gasteiger partial charge in [0.15, 0.2) is 0 Å². The SMILES string of the molecule is CC1CCCC(NCc2cc(Cl)cc(Cl)c2O)CC1. The maximum atomic E-state index is 9.92. The molecule has 2 N–H and O–H groups in total. The van der Waals surface area contributed by atoms with Crippen LogP contribution in [-0.2, 0) is 6.54 Å². The Balaban J connectivity index is 1.95. The first kappa shape index (κ1) is 15.0. The lowest BCUT2D eigenvalue weighted by Crippen LogP contribution is -2.28. The Morgan fingerprint density at radius 1 is 1.21 bits per heavy atom. The summed E-state index contributed by atoms with van der Waals surface area (Å²) in [5.41, 5.74) is 0.773. The minimum absolute atomic E-state index is 0.139. The first-order chi connectivity index (χ1) is 9.06. The molecule has 1 aliphatic rings. The van der Waals surface area contributed by atoms with Crippen molar-refractivity contribution in [3.8, 4) is 5.75 Å². The van der Waals surface area contributed by atoms with Crippen molar-refractivity contribution in [1.82, 2.24) is 5.32 Å². The molecule has 0 spiro atoms. The third-order valence-corrected chi connectivity index (χ3v) is 4.45. The maximum absolute atomic E-state index is 9.92. The normalized spacial score (nSPS) is 24.2. The van der Waals surface area contributed by atoms with Crippen LogP contribution in [0.3, 0.4) is 0 Å². The number of phenols is 1. The van der Waals surface area contributed by atoms with Gasteiger partial charge in [0, 0.05) is 23.2 Å². The topological polar surface area (TPSA) is 32.3 Å². The Hall–Kier alpha value is -0.440. The molecule has 4 heteroatoms. The van der Waals surface area contributed by atoms with E-state index in [0.717, 1.165) is 11.5 Å². The fraction of sp³-hybridized carbons (Fsp3) is 0.600. The summed E-state index contributed by atoms with van der Waals surface area (Å²) in [6, 6.07) is 3.87. The Bertz CT molecular complexity index is 436. The van der Waals surface area contributed by atoms with Crippen LogP contribution in [0, 0.1) is 5.92 Å². The Morgan fingerprint density at radius 2 is 2.00 bits per heavy atom. The van der Waals surface area contributed by atoms with Gasteiger partial charge in [-0.2, -0.15) is 0 Å². The van der Waals surface area contributed by atoms with E-state index in [4.69, 9.17) is 23.2 Å². The molecule has 0 aliphatic heterocycles. The highest BCUT2D eigenvalue weighted by atomic mass is 35.5. The van der Waals surface area contributed by atoms with Crippen LogP contribution >= 0.6 is 23.2 Å². The number of benzene rings is 1. The summed E-state index contributed by atoms with van der Waals surface area (Å²) in [7, 11) is 0. The second-order valence-corrected chi connectivity index (χ2v) is 6.43. The van der Waals surface area contributed by atoms with Gasteiger partial charge in [0.25, 0.3) is 0 Å². The van der Waals surface area contributed by atoms with Crippen molar-refractivity contribution < 1.29 is 5.11 Å². The van der Waals surface area contributed by atoms with Gasteiger partial charge in [-0.3, -0.25) is 0 Å². The molecule has 1 aromatic rings. The van der Waals surface area contributed by atoms with Gasteiger partial charge in [0.2, 0.25) is 0 Å². The molecule has 2 nitrogen and oxygen atoms in total. The van der Waals surface area contributed by atoms with Crippen molar-refractivity contribution in [3.05, 3.63) is 27.7 Å². The number of halogens is 2. The minimum Gasteiger partial charge on any atom is -0.506 e. The van der Waals surface area contributed by atoms with Crippen molar-refractivity contribution in [2.24, 2.45) is 5.92 Å². The van der Waals surface area contributed by atoms with Crippen molar-refractivity contribution in [2.45, 2.75) is 51.6 Å². The minimum atomic E-state index is 0.139. The smallest absolute Gasteiger partial charge is 0.138 e. The molecule has 0 bridgehead atoms. The van der Waals surface area contributed by atoms with E-state index in [-0.39, 0.29) is 5.75 Å². The zero-order valence-electron chi connectivity index (χ0n) is 11.3. The van der Waals surface area contributed by atoms with E-state index in [1.165, 1.54) is 32.1 Å². The second-order valence-electron chi connectivity index (χ2n) is 5.59. The molecule has 0 saturated heterocycles. The van der Waals surface area contributed by atoms with Crippen molar-refractivity contribution >= 4 is 23.2 Å². The summed E-state index contributed by atoms with van der Waals surface area (Å²) >= 11 is 11.9. The third kappa shape index (κ3) is 4.27. The molecule has 0 amide bonds. The highest BCUT2D eigenvalue weighted by Gasteiger charge is 2.16. The summed E-state index contributed by atoms with van der Waals surface area (Å²) in [6.45, 7) is 2.94. The number of rotatable bonds is 3. The second kappa shape index (κ2) is 6.83. The molecule has 106 valence electrons. The molecule has 2 unspecified atom stereocenters. The molecule has 0 aromatic heterocycles. The predicted octanol–water partition coefficient (Wildman–Crippen LogP) is 4.76. The summed E-state index contributed by atoms with van der Waals surface area (Å²) in [5, 5.41) is 14.3. The van der Waals surface area contributed by atoms with Crippen LogP contribution in [0.1, 0.15) is 44.6 Å². The molecule has 2 rings (SSSR count). The number of aromatic hydroxyl groups is 1. The average Bonchev–Trinajstić information content (AvgIpc) is 2.57. The zero-order chi connectivity index (χ0) is 13.8. The number of hydrogen-bond acceptors (Lipinski definition) is 2. The fourth-order valence-electron chi connectivity index (χ4n) is 2.70. The summed E-state index contributed by atoms with van der Waals surface area (Å²) in [4.78, 5) is 0. The molecule has 1 aliphatic carbocycles. The van der Waals surface area contributed by atoms with Crippen LogP contribution in [0.5, 0.6) is 5.75 Å². The quantitative estimate of drug-likeness (QED) is 0.789. The molecule has 0 radical (unpaired) electrons. The fourth-order valence-corrected chi connectivity index (χ4v) is 3.24. The molecular weight excluding hydrogens is 281 g/mol. The van der Waals surface area contributed by atoms with Crippen molar-refractivity contribution in [1.29, 1.82) is 0 Å². The summed E-state index contributed by atoms with van der Waals surface area (Å²) < 4.78 is 0. The van der Waals surface area contributed by atoms with E-state index in [9.17, 15) is 5.11 Å². The predicted molar refractivity (Wildman–Crippen MR) is 81.0 cm³/mol. The van der Waals surface area contributed by atoms with E-state index in [1.807, 2.05) is 0 Å². The van der Waals surface area contributed by atoms with Gasteiger partial charge < -0.3 is 10.4 Å². The molecule has 1 aromatic carbocycles. The van der Waals surface area contributed by atoms with Gasteiger partial charge in [-0.25, -0.2) is 0 Å². The van der Waals surface area contributed by atoms with Gasteiger partial charge in [-0.15, -0.1) is 0 Å². The summed E-state index contributed by atoms with van der Waals surface area (Å²) in [5.74, 6) is 0.973. The van der Waals surface area contributed by atoms with E-state index in [2.05, 4.69) is 12.2 Å². The van der Waals surface area contributed by atoms with Crippen LogP contribution < -0.4 is 5.32 Å². The lowest BCUT2D eigenvalue weighted by atomic mass is 10.0. The van der Waals surface area contributed by atoms with Crippen LogP contribution in [0.4, 0.5) is 0 Å². The van der Waals surface area contributed by atoms with Crippen molar-refractivity contribution in [3.63, 3.8) is 0 Å². The number of hydrogen-bond donors (Lipinski definition) is 2. The molecule has 19 heavy (non-hydrogen) atoms. The highest BCUT2D eigenvalue weighted by Crippen LogP contribution is 2.31. The maximum Gasteiger partial charge on any atom is 0.138 e. The molecule has 1 saturated carbocycles. The van der Waals surface area contributed by atoms with Gasteiger partial charge in [-0.1, -0.05) is 43.0 Å². The van der Waals surface area contributed by atoms with Crippen LogP contribution in [0.2, 0.25) is 10.0 Å². The highest BCUT2D eigenvalue weighted by molar-refractivity contribution is 6.35.